The van der Waals surface area contributed by atoms with E-state index in [0.717, 1.165) is 32.1 Å². The zero-order chi connectivity index (χ0) is 19.3. The Morgan fingerprint density at radius 1 is 1.04 bits per heavy atom. The van der Waals surface area contributed by atoms with E-state index >= 15 is 0 Å². The Morgan fingerprint density at radius 3 is 2.41 bits per heavy atom. The number of carbonyl (C=O) groups excluding carboxylic acids is 1. The van der Waals surface area contributed by atoms with Crippen molar-refractivity contribution in [3.8, 4) is 0 Å². The highest BCUT2D eigenvalue weighted by Gasteiger charge is 2.33. The van der Waals surface area contributed by atoms with Gasteiger partial charge in [-0.2, -0.15) is 0 Å². The van der Waals surface area contributed by atoms with Crippen molar-refractivity contribution in [3.05, 3.63) is 65.2 Å². The van der Waals surface area contributed by atoms with Crippen molar-refractivity contribution in [2.75, 3.05) is 0 Å². The summed E-state index contributed by atoms with van der Waals surface area (Å²) in [4.78, 5) is 12.7. The standard InChI is InChI=1S/C21H23ClO4S/c22-17-9-7-8-16(14-17)20(27(24,25)19-12-5-2-6-13-19)15-21(23)26-18-10-3-1-4-11-18/h2,5-9,12-14,18,20H,1,3-4,10-11,15H2. The lowest BCUT2D eigenvalue weighted by Crippen LogP contribution is -2.24. The summed E-state index contributed by atoms with van der Waals surface area (Å²) in [6.45, 7) is 0. The maximum absolute atomic E-state index is 13.2. The number of rotatable bonds is 6. The van der Waals surface area contributed by atoms with E-state index in [9.17, 15) is 13.2 Å². The Morgan fingerprint density at radius 2 is 1.74 bits per heavy atom. The third-order valence-electron chi connectivity index (χ3n) is 4.87. The normalized spacial score (nSPS) is 16.6. The van der Waals surface area contributed by atoms with Crippen LogP contribution in [0, 0.1) is 0 Å². The van der Waals surface area contributed by atoms with Gasteiger partial charge in [-0.15, -0.1) is 0 Å². The first-order chi connectivity index (χ1) is 13.0. The van der Waals surface area contributed by atoms with Crippen molar-refractivity contribution in [2.45, 2.75) is 54.8 Å². The number of hydrogen-bond donors (Lipinski definition) is 0. The van der Waals surface area contributed by atoms with Crippen LogP contribution in [-0.2, 0) is 19.4 Å². The first-order valence-corrected chi connectivity index (χ1v) is 11.1. The summed E-state index contributed by atoms with van der Waals surface area (Å²) in [5.74, 6) is -0.480. The van der Waals surface area contributed by atoms with Crippen LogP contribution in [0.2, 0.25) is 5.02 Å². The molecular formula is C21H23ClO4S. The van der Waals surface area contributed by atoms with Crippen molar-refractivity contribution >= 4 is 27.4 Å². The van der Waals surface area contributed by atoms with E-state index < -0.39 is 21.1 Å². The second-order valence-corrected chi connectivity index (χ2v) is 9.42. The molecule has 1 fully saturated rings. The number of halogens is 1. The molecule has 0 radical (unpaired) electrons. The van der Waals surface area contributed by atoms with Gasteiger partial charge in [0.25, 0.3) is 0 Å². The van der Waals surface area contributed by atoms with Crippen LogP contribution in [0.4, 0.5) is 0 Å². The average Bonchev–Trinajstić information content (AvgIpc) is 2.67. The molecule has 0 saturated heterocycles. The number of hydrogen-bond acceptors (Lipinski definition) is 4. The fourth-order valence-corrected chi connectivity index (χ4v) is 5.38. The molecule has 1 aliphatic rings. The molecule has 6 heteroatoms. The van der Waals surface area contributed by atoms with Crippen molar-refractivity contribution in [3.63, 3.8) is 0 Å². The SMILES string of the molecule is O=C(CC(c1cccc(Cl)c1)S(=O)(=O)c1ccccc1)OC1CCCCC1. The molecule has 0 N–H and O–H groups in total. The average molecular weight is 407 g/mol. The molecule has 2 aromatic rings. The largest absolute Gasteiger partial charge is 0.462 e. The summed E-state index contributed by atoms with van der Waals surface area (Å²) in [7, 11) is -3.77. The highest BCUT2D eigenvalue weighted by Crippen LogP contribution is 2.34. The van der Waals surface area contributed by atoms with Gasteiger partial charge in [-0.25, -0.2) is 8.42 Å². The molecule has 0 bridgehead atoms. The number of sulfone groups is 1. The van der Waals surface area contributed by atoms with Crippen LogP contribution in [0.1, 0.15) is 49.3 Å². The van der Waals surface area contributed by atoms with Gasteiger partial charge in [0.1, 0.15) is 11.4 Å². The lowest BCUT2D eigenvalue weighted by molar-refractivity contribution is -0.150. The lowest BCUT2D eigenvalue weighted by atomic mass is 9.98. The molecule has 0 spiro atoms. The summed E-state index contributed by atoms with van der Waals surface area (Å²) in [6.07, 6.45) is 4.59. The van der Waals surface area contributed by atoms with E-state index in [0.29, 0.717) is 10.6 Å². The first-order valence-electron chi connectivity index (χ1n) is 9.21. The smallest absolute Gasteiger partial charge is 0.307 e. The van der Waals surface area contributed by atoms with Crippen LogP contribution in [0.25, 0.3) is 0 Å². The monoisotopic (exact) mass is 406 g/mol. The van der Waals surface area contributed by atoms with Crippen molar-refractivity contribution in [1.29, 1.82) is 0 Å². The molecule has 0 aliphatic heterocycles. The highest BCUT2D eigenvalue weighted by atomic mass is 35.5. The molecule has 144 valence electrons. The summed E-state index contributed by atoms with van der Waals surface area (Å²) in [5, 5.41) is -0.601. The van der Waals surface area contributed by atoms with Crippen LogP contribution in [0.3, 0.4) is 0 Å². The number of ether oxygens (including phenoxy) is 1. The molecule has 1 saturated carbocycles. The zero-order valence-electron chi connectivity index (χ0n) is 15.0. The van der Waals surface area contributed by atoms with E-state index in [4.69, 9.17) is 16.3 Å². The molecule has 1 aliphatic carbocycles. The Hall–Kier alpha value is -1.85. The van der Waals surface area contributed by atoms with Crippen molar-refractivity contribution in [2.24, 2.45) is 0 Å². The quantitative estimate of drug-likeness (QED) is 0.624. The predicted octanol–water partition coefficient (Wildman–Crippen LogP) is 5.12. The van der Waals surface area contributed by atoms with E-state index in [1.54, 1.807) is 54.6 Å². The van der Waals surface area contributed by atoms with Gasteiger partial charge in [0.15, 0.2) is 9.84 Å². The molecule has 0 aromatic heterocycles. The van der Waals surface area contributed by atoms with Gasteiger partial charge in [0.2, 0.25) is 0 Å². The van der Waals surface area contributed by atoms with Crippen LogP contribution in [-0.4, -0.2) is 20.5 Å². The summed E-state index contributed by atoms with van der Waals surface area (Å²) in [6, 6.07) is 14.8. The second kappa shape index (κ2) is 8.89. The Labute approximate surface area is 165 Å². The van der Waals surface area contributed by atoms with E-state index in [-0.39, 0.29) is 17.4 Å². The molecule has 1 unspecified atom stereocenters. The van der Waals surface area contributed by atoms with Gasteiger partial charge >= 0.3 is 5.97 Å². The Kier molecular flexibility index (Phi) is 6.55. The summed E-state index contributed by atoms with van der Waals surface area (Å²) < 4.78 is 32.0. The molecule has 0 heterocycles. The third-order valence-corrected chi connectivity index (χ3v) is 7.22. The van der Waals surface area contributed by atoms with Crippen LogP contribution >= 0.6 is 11.6 Å². The molecule has 1 atom stereocenters. The number of benzene rings is 2. The molecule has 27 heavy (non-hydrogen) atoms. The van der Waals surface area contributed by atoms with Gasteiger partial charge in [0, 0.05) is 5.02 Å². The van der Waals surface area contributed by atoms with Gasteiger partial charge in [-0.3, -0.25) is 4.79 Å². The lowest BCUT2D eigenvalue weighted by Gasteiger charge is -2.23. The molecule has 3 rings (SSSR count). The Balaban J connectivity index is 1.87. The maximum atomic E-state index is 13.2. The summed E-state index contributed by atoms with van der Waals surface area (Å²) in [5.41, 5.74) is 0.493. The minimum absolute atomic E-state index is 0.106. The molecule has 2 aromatic carbocycles. The van der Waals surface area contributed by atoms with Gasteiger partial charge in [-0.05, 0) is 55.5 Å². The fourth-order valence-electron chi connectivity index (χ4n) is 3.46. The van der Waals surface area contributed by atoms with Gasteiger partial charge < -0.3 is 4.74 Å². The predicted molar refractivity (Wildman–Crippen MR) is 105 cm³/mol. The maximum Gasteiger partial charge on any atom is 0.307 e. The second-order valence-electron chi connectivity index (χ2n) is 6.86. The van der Waals surface area contributed by atoms with Gasteiger partial charge in [0.05, 0.1) is 11.3 Å². The van der Waals surface area contributed by atoms with Crippen LogP contribution in [0.5, 0.6) is 0 Å². The van der Waals surface area contributed by atoms with Gasteiger partial charge in [-0.1, -0.05) is 48.4 Å². The van der Waals surface area contributed by atoms with Crippen molar-refractivity contribution < 1.29 is 17.9 Å². The van der Waals surface area contributed by atoms with E-state index in [1.165, 1.54) is 0 Å². The Bertz CT molecular complexity index is 874. The minimum atomic E-state index is -3.77. The third kappa shape index (κ3) is 5.11. The fraction of sp³-hybridized carbons (Fsp3) is 0.381. The molecular weight excluding hydrogens is 384 g/mol. The van der Waals surface area contributed by atoms with Crippen LogP contribution in [0.15, 0.2) is 59.5 Å². The zero-order valence-corrected chi connectivity index (χ0v) is 16.6. The molecule has 0 amide bonds. The highest BCUT2D eigenvalue weighted by molar-refractivity contribution is 7.91. The number of carbonyl (C=O) groups is 1. The number of esters is 1. The first kappa shape index (κ1) is 19.9. The van der Waals surface area contributed by atoms with E-state index in [2.05, 4.69) is 0 Å². The topological polar surface area (TPSA) is 60.4 Å². The van der Waals surface area contributed by atoms with E-state index in [1.807, 2.05) is 0 Å². The minimum Gasteiger partial charge on any atom is -0.462 e. The van der Waals surface area contributed by atoms with Crippen molar-refractivity contribution in [1.82, 2.24) is 0 Å². The van der Waals surface area contributed by atoms with Crippen LogP contribution < -0.4 is 0 Å². The molecule has 4 nitrogen and oxygen atoms in total. The summed E-state index contributed by atoms with van der Waals surface area (Å²) >= 11 is 6.07.